The molecule has 0 heterocycles. The molecule has 1 fully saturated rings. The van der Waals surface area contributed by atoms with Crippen molar-refractivity contribution >= 4 is 0 Å². The Morgan fingerprint density at radius 3 is 2.67 bits per heavy atom. The van der Waals surface area contributed by atoms with Crippen LogP contribution in [0.5, 0.6) is 0 Å². The maximum atomic E-state index is 10.4. The van der Waals surface area contributed by atoms with Crippen molar-refractivity contribution < 1.29 is 9.84 Å². The normalized spacial score (nSPS) is 28.5. The van der Waals surface area contributed by atoms with Crippen molar-refractivity contribution in [3.8, 4) is 0 Å². The Balaban J connectivity index is 2.81. The highest BCUT2D eigenvalue weighted by atomic mass is 16.5. The quantitative estimate of drug-likeness (QED) is 0.756. The molecule has 0 aromatic heterocycles. The molecule has 2 heteroatoms. The van der Waals surface area contributed by atoms with Crippen molar-refractivity contribution in [2.75, 3.05) is 7.11 Å². The second-order valence-corrected chi connectivity index (χ2v) is 6.40. The van der Waals surface area contributed by atoms with Crippen LogP contribution in [0.1, 0.15) is 46.5 Å². The lowest BCUT2D eigenvalue weighted by Gasteiger charge is -2.43. The van der Waals surface area contributed by atoms with Gasteiger partial charge >= 0.3 is 0 Å². The van der Waals surface area contributed by atoms with Gasteiger partial charge in [-0.3, -0.25) is 0 Å². The van der Waals surface area contributed by atoms with Crippen molar-refractivity contribution in [3.63, 3.8) is 0 Å². The molecule has 0 aromatic rings. The van der Waals surface area contributed by atoms with Crippen LogP contribution < -0.4 is 0 Å². The van der Waals surface area contributed by atoms with Crippen molar-refractivity contribution in [2.24, 2.45) is 11.3 Å². The van der Waals surface area contributed by atoms with Gasteiger partial charge < -0.3 is 9.84 Å². The van der Waals surface area contributed by atoms with Crippen LogP contribution in [0.2, 0.25) is 0 Å². The molecule has 0 aliphatic heterocycles. The predicted octanol–water partition coefficient (Wildman–Crippen LogP) is 3.71. The number of hydrogen-bond donors (Lipinski definition) is 1. The van der Waals surface area contributed by atoms with E-state index in [1.807, 2.05) is 6.92 Å². The summed E-state index contributed by atoms with van der Waals surface area (Å²) in [5, 5.41) is 10.4. The average molecular weight is 252 g/mol. The Morgan fingerprint density at radius 1 is 1.61 bits per heavy atom. The molecule has 1 N–H and O–H groups in total. The molecule has 104 valence electrons. The summed E-state index contributed by atoms with van der Waals surface area (Å²) in [5.74, 6) is 0.357. The number of ether oxygens (including phenoxy) is 1. The molecule has 0 saturated heterocycles. The SMILES string of the molecule is C=C[C@@](C)(OC)C(O)C[C@H]1C(=C)CCCC1(C)C. The average Bonchev–Trinajstić information content (AvgIpc) is 2.32. The molecule has 1 unspecified atom stereocenters. The second-order valence-electron chi connectivity index (χ2n) is 6.40. The van der Waals surface area contributed by atoms with Gasteiger partial charge in [0, 0.05) is 7.11 Å². The van der Waals surface area contributed by atoms with Crippen LogP contribution in [0.3, 0.4) is 0 Å². The monoisotopic (exact) mass is 252 g/mol. The molecule has 3 atom stereocenters. The predicted molar refractivity (Wildman–Crippen MR) is 76.5 cm³/mol. The Kier molecular flexibility index (Phi) is 4.79. The first kappa shape index (κ1) is 15.5. The van der Waals surface area contributed by atoms with E-state index in [1.54, 1.807) is 13.2 Å². The fraction of sp³-hybridized carbons (Fsp3) is 0.750. The van der Waals surface area contributed by atoms with Crippen LogP contribution in [0.25, 0.3) is 0 Å². The smallest absolute Gasteiger partial charge is 0.109 e. The topological polar surface area (TPSA) is 29.5 Å². The van der Waals surface area contributed by atoms with Crippen LogP contribution in [0, 0.1) is 11.3 Å². The molecule has 0 aromatic carbocycles. The fourth-order valence-corrected chi connectivity index (χ4v) is 2.97. The van der Waals surface area contributed by atoms with Gasteiger partial charge in [0.1, 0.15) is 5.60 Å². The van der Waals surface area contributed by atoms with E-state index < -0.39 is 11.7 Å². The van der Waals surface area contributed by atoms with Crippen LogP contribution in [-0.2, 0) is 4.74 Å². The van der Waals surface area contributed by atoms with Gasteiger partial charge in [-0.15, -0.1) is 6.58 Å². The van der Waals surface area contributed by atoms with Gasteiger partial charge in [0.05, 0.1) is 6.10 Å². The zero-order valence-corrected chi connectivity index (χ0v) is 12.3. The fourth-order valence-electron chi connectivity index (χ4n) is 2.97. The number of aliphatic hydroxyl groups is 1. The number of allylic oxidation sites excluding steroid dienone is 1. The molecule has 1 aliphatic carbocycles. The molecule has 0 spiro atoms. The minimum absolute atomic E-state index is 0.214. The third-order valence-electron chi connectivity index (χ3n) is 4.72. The zero-order valence-electron chi connectivity index (χ0n) is 12.3. The van der Waals surface area contributed by atoms with E-state index in [4.69, 9.17) is 4.74 Å². The lowest BCUT2D eigenvalue weighted by Crippen LogP contribution is -2.43. The first-order valence-corrected chi connectivity index (χ1v) is 6.81. The van der Waals surface area contributed by atoms with Crippen LogP contribution in [0.4, 0.5) is 0 Å². The van der Waals surface area contributed by atoms with Gasteiger partial charge in [0.25, 0.3) is 0 Å². The summed E-state index contributed by atoms with van der Waals surface area (Å²) in [6.07, 6.45) is 5.33. The number of methoxy groups -OCH3 is 1. The van der Waals surface area contributed by atoms with E-state index >= 15 is 0 Å². The van der Waals surface area contributed by atoms with E-state index in [0.29, 0.717) is 12.3 Å². The maximum Gasteiger partial charge on any atom is 0.109 e. The highest BCUT2D eigenvalue weighted by Crippen LogP contribution is 2.46. The minimum atomic E-state index is -0.673. The van der Waals surface area contributed by atoms with Gasteiger partial charge in [-0.05, 0) is 43.9 Å². The van der Waals surface area contributed by atoms with Crippen molar-refractivity contribution in [3.05, 3.63) is 24.8 Å². The number of aliphatic hydroxyl groups excluding tert-OH is 1. The van der Waals surface area contributed by atoms with Crippen molar-refractivity contribution in [1.29, 1.82) is 0 Å². The molecule has 18 heavy (non-hydrogen) atoms. The van der Waals surface area contributed by atoms with Crippen LogP contribution in [0.15, 0.2) is 24.8 Å². The summed E-state index contributed by atoms with van der Waals surface area (Å²) in [7, 11) is 1.62. The molecule has 2 nitrogen and oxygen atoms in total. The van der Waals surface area contributed by atoms with E-state index in [2.05, 4.69) is 27.0 Å². The molecule has 1 aliphatic rings. The van der Waals surface area contributed by atoms with E-state index in [9.17, 15) is 5.11 Å². The Hall–Kier alpha value is -0.600. The summed E-state index contributed by atoms with van der Waals surface area (Å²) >= 11 is 0. The van der Waals surface area contributed by atoms with Crippen LogP contribution >= 0.6 is 0 Å². The van der Waals surface area contributed by atoms with Crippen LogP contribution in [-0.4, -0.2) is 23.9 Å². The Labute approximate surface area is 112 Å². The minimum Gasteiger partial charge on any atom is -0.390 e. The molecular weight excluding hydrogens is 224 g/mol. The zero-order chi connectivity index (χ0) is 14.0. The first-order chi connectivity index (χ1) is 8.27. The van der Waals surface area contributed by atoms with E-state index in [1.165, 1.54) is 18.4 Å². The van der Waals surface area contributed by atoms with Gasteiger partial charge in [-0.1, -0.05) is 32.1 Å². The first-order valence-electron chi connectivity index (χ1n) is 6.81. The summed E-state index contributed by atoms with van der Waals surface area (Å²) in [6, 6.07) is 0. The summed E-state index contributed by atoms with van der Waals surface area (Å²) in [5.41, 5.74) is 0.813. The Morgan fingerprint density at radius 2 is 2.22 bits per heavy atom. The highest BCUT2D eigenvalue weighted by Gasteiger charge is 2.39. The molecular formula is C16H28O2. The van der Waals surface area contributed by atoms with Gasteiger partial charge in [-0.25, -0.2) is 0 Å². The van der Waals surface area contributed by atoms with Gasteiger partial charge in [-0.2, -0.15) is 0 Å². The third kappa shape index (κ3) is 3.04. The summed E-state index contributed by atoms with van der Waals surface area (Å²) < 4.78 is 5.40. The lowest BCUT2D eigenvalue weighted by molar-refractivity contribution is -0.0711. The lowest BCUT2D eigenvalue weighted by atomic mass is 9.64. The van der Waals surface area contributed by atoms with Gasteiger partial charge in [0.2, 0.25) is 0 Å². The highest BCUT2D eigenvalue weighted by molar-refractivity contribution is 5.12. The molecule has 0 radical (unpaired) electrons. The largest absolute Gasteiger partial charge is 0.390 e. The standard InChI is InChI=1S/C16H28O2/c1-7-16(5,18-6)14(17)11-13-12(2)9-8-10-15(13,3)4/h7,13-14,17H,1-2,8-11H2,3-6H3/t13-,14?,16+/m0/s1. The number of rotatable bonds is 5. The molecule has 1 rings (SSSR count). The Bertz CT molecular complexity index is 319. The maximum absolute atomic E-state index is 10.4. The van der Waals surface area contributed by atoms with E-state index in [-0.39, 0.29) is 5.41 Å². The third-order valence-corrected chi connectivity index (χ3v) is 4.72. The summed E-state index contributed by atoms with van der Waals surface area (Å²) in [6.45, 7) is 14.4. The number of hydrogen-bond acceptors (Lipinski definition) is 2. The van der Waals surface area contributed by atoms with E-state index in [0.717, 1.165) is 6.42 Å². The summed E-state index contributed by atoms with van der Waals surface area (Å²) in [4.78, 5) is 0. The second kappa shape index (κ2) is 5.58. The van der Waals surface area contributed by atoms with Crippen molar-refractivity contribution in [1.82, 2.24) is 0 Å². The molecule has 1 saturated carbocycles. The molecule has 0 bridgehead atoms. The molecule has 0 amide bonds. The van der Waals surface area contributed by atoms with Gasteiger partial charge in [0.15, 0.2) is 0 Å². The van der Waals surface area contributed by atoms with Crippen molar-refractivity contribution in [2.45, 2.75) is 58.2 Å².